The highest BCUT2D eigenvalue weighted by molar-refractivity contribution is 9.10. The molecule has 0 atom stereocenters. The molecule has 0 unspecified atom stereocenters. The largest absolute Gasteiger partial charge is 0.321 e. The fourth-order valence-corrected chi connectivity index (χ4v) is 2.41. The molecule has 1 amide bonds. The van der Waals surface area contributed by atoms with Gasteiger partial charge >= 0.3 is 0 Å². The van der Waals surface area contributed by atoms with Crippen LogP contribution in [0.4, 0.5) is 10.1 Å². The number of hydrogen-bond donors (Lipinski definition) is 1. The number of nitrogens with one attached hydrogen (secondary N) is 1. The van der Waals surface area contributed by atoms with E-state index in [9.17, 15) is 9.18 Å². The molecule has 98 valence electrons. The third-order valence-electron chi connectivity index (χ3n) is 2.35. The number of anilines is 1. The number of carbonyl (C=O) groups excluding carboxylic acids is 1. The van der Waals surface area contributed by atoms with Gasteiger partial charge in [0.1, 0.15) is 5.82 Å². The lowest BCUT2D eigenvalue weighted by Crippen LogP contribution is -2.14. The van der Waals surface area contributed by atoms with E-state index < -0.39 is 11.7 Å². The summed E-state index contributed by atoms with van der Waals surface area (Å²) in [4.78, 5) is 12.0. The first-order valence-corrected chi connectivity index (χ1v) is 6.74. The van der Waals surface area contributed by atoms with Gasteiger partial charge in [0.2, 0.25) is 0 Å². The summed E-state index contributed by atoms with van der Waals surface area (Å²) in [5.41, 5.74) is 0.378. The van der Waals surface area contributed by atoms with Crippen molar-refractivity contribution in [2.24, 2.45) is 0 Å². The average Bonchev–Trinajstić information content (AvgIpc) is 2.35. The Kier molecular flexibility index (Phi) is 4.45. The van der Waals surface area contributed by atoms with E-state index in [-0.39, 0.29) is 5.56 Å². The quantitative estimate of drug-likeness (QED) is 0.786. The van der Waals surface area contributed by atoms with Crippen LogP contribution in [-0.4, -0.2) is 5.91 Å². The first kappa shape index (κ1) is 14.3. The molecule has 2 rings (SSSR count). The number of carbonyl (C=O) groups is 1. The molecule has 0 heterocycles. The predicted molar refractivity (Wildman–Crippen MR) is 78.5 cm³/mol. The van der Waals surface area contributed by atoms with Crippen LogP contribution in [0.2, 0.25) is 10.0 Å². The Labute approximate surface area is 127 Å². The second-order valence-corrected chi connectivity index (χ2v) is 5.43. The van der Waals surface area contributed by atoms with Crippen LogP contribution in [0.25, 0.3) is 0 Å². The lowest BCUT2D eigenvalue weighted by atomic mass is 10.2. The van der Waals surface area contributed by atoms with E-state index in [0.717, 1.165) is 6.07 Å². The lowest BCUT2D eigenvalue weighted by molar-refractivity contribution is 0.102. The van der Waals surface area contributed by atoms with Crippen LogP contribution in [0.1, 0.15) is 10.4 Å². The van der Waals surface area contributed by atoms with E-state index in [2.05, 4.69) is 21.2 Å². The van der Waals surface area contributed by atoms with E-state index in [1.807, 2.05) is 0 Å². The van der Waals surface area contributed by atoms with Gasteiger partial charge in [0.15, 0.2) is 0 Å². The molecule has 0 radical (unpaired) electrons. The van der Waals surface area contributed by atoms with Crippen LogP contribution in [-0.2, 0) is 0 Å². The molecular weight excluding hydrogens is 356 g/mol. The van der Waals surface area contributed by atoms with E-state index in [0.29, 0.717) is 20.2 Å². The highest BCUT2D eigenvalue weighted by atomic mass is 79.9. The molecule has 2 nitrogen and oxygen atoms in total. The van der Waals surface area contributed by atoms with Gasteiger partial charge in [-0.3, -0.25) is 4.79 Å². The molecule has 0 aliphatic carbocycles. The molecule has 19 heavy (non-hydrogen) atoms. The first-order valence-electron chi connectivity index (χ1n) is 5.19. The SMILES string of the molecule is O=C(Nc1ccc(Cl)cc1Br)c1cc(Cl)ccc1F. The highest BCUT2D eigenvalue weighted by Crippen LogP contribution is 2.26. The summed E-state index contributed by atoms with van der Waals surface area (Å²) in [6.45, 7) is 0. The molecule has 1 N–H and O–H groups in total. The van der Waals surface area contributed by atoms with Crippen molar-refractivity contribution in [2.75, 3.05) is 5.32 Å². The van der Waals surface area contributed by atoms with Crippen molar-refractivity contribution >= 4 is 50.7 Å². The number of rotatable bonds is 2. The molecule has 0 aliphatic rings. The molecule has 0 aliphatic heterocycles. The fraction of sp³-hybridized carbons (Fsp3) is 0. The van der Waals surface area contributed by atoms with Gasteiger partial charge in [-0.1, -0.05) is 23.2 Å². The maximum Gasteiger partial charge on any atom is 0.258 e. The number of amides is 1. The van der Waals surface area contributed by atoms with Crippen molar-refractivity contribution in [3.8, 4) is 0 Å². The minimum Gasteiger partial charge on any atom is -0.321 e. The van der Waals surface area contributed by atoms with Crippen molar-refractivity contribution < 1.29 is 9.18 Å². The van der Waals surface area contributed by atoms with Gasteiger partial charge < -0.3 is 5.32 Å². The lowest BCUT2D eigenvalue weighted by Gasteiger charge is -2.08. The van der Waals surface area contributed by atoms with Crippen molar-refractivity contribution in [1.29, 1.82) is 0 Å². The standard InChI is InChI=1S/C13H7BrCl2FNO/c14-10-6-8(16)2-4-12(10)18-13(19)9-5-7(15)1-3-11(9)17/h1-6H,(H,18,19). The maximum atomic E-state index is 13.5. The Balaban J connectivity index is 2.28. The molecule has 0 spiro atoms. The summed E-state index contributed by atoms with van der Waals surface area (Å²) >= 11 is 14.8. The monoisotopic (exact) mass is 361 g/mol. The van der Waals surface area contributed by atoms with E-state index in [1.54, 1.807) is 18.2 Å². The molecule has 2 aromatic carbocycles. The Bertz CT molecular complexity index is 649. The Morgan fingerprint density at radius 1 is 1.11 bits per heavy atom. The number of hydrogen-bond acceptors (Lipinski definition) is 1. The zero-order valence-corrected chi connectivity index (χ0v) is 12.5. The van der Waals surface area contributed by atoms with Crippen molar-refractivity contribution in [2.45, 2.75) is 0 Å². The highest BCUT2D eigenvalue weighted by Gasteiger charge is 2.13. The smallest absolute Gasteiger partial charge is 0.258 e. The van der Waals surface area contributed by atoms with E-state index in [4.69, 9.17) is 23.2 Å². The van der Waals surface area contributed by atoms with Gasteiger partial charge in [-0.25, -0.2) is 4.39 Å². The van der Waals surface area contributed by atoms with Crippen LogP contribution >= 0.6 is 39.1 Å². The molecule has 0 saturated carbocycles. The first-order chi connectivity index (χ1) is 8.97. The zero-order valence-electron chi connectivity index (χ0n) is 9.38. The molecule has 0 saturated heterocycles. The molecule has 6 heteroatoms. The minimum absolute atomic E-state index is 0.116. The normalized spacial score (nSPS) is 10.3. The summed E-state index contributed by atoms with van der Waals surface area (Å²) in [5.74, 6) is -1.21. The van der Waals surface area contributed by atoms with Gasteiger partial charge in [-0.05, 0) is 52.3 Å². The van der Waals surface area contributed by atoms with Gasteiger partial charge in [0, 0.05) is 14.5 Å². The third-order valence-corrected chi connectivity index (χ3v) is 3.48. The molecule has 2 aromatic rings. The summed E-state index contributed by atoms with van der Waals surface area (Å²) < 4.78 is 14.1. The van der Waals surface area contributed by atoms with Gasteiger partial charge in [-0.15, -0.1) is 0 Å². The Morgan fingerprint density at radius 3 is 2.42 bits per heavy atom. The molecule has 0 fully saturated rings. The van der Waals surface area contributed by atoms with Crippen molar-refractivity contribution in [3.63, 3.8) is 0 Å². The third kappa shape index (κ3) is 3.47. The van der Waals surface area contributed by atoms with Gasteiger partial charge in [0.25, 0.3) is 5.91 Å². The number of halogens is 4. The van der Waals surface area contributed by atoms with E-state index >= 15 is 0 Å². The minimum atomic E-state index is -0.632. The maximum absolute atomic E-state index is 13.5. The van der Waals surface area contributed by atoms with E-state index in [1.165, 1.54) is 12.1 Å². The Hall–Kier alpha value is -1.10. The molecule has 0 aromatic heterocycles. The van der Waals surface area contributed by atoms with Crippen LogP contribution in [0.15, 0.2) is 40.9 Å². The Morgan fingerprint density at radius 2 is 1.74 bits per heavy atom. The topological polar surface area (TPSA) is 29.1 Å². The molecule has 0 bridgehead atoms. The van der Waals surface area contributed by atoms with Gasteiger partial charge in [0.05, 0.1) is 11.3 Å². The van der Waals surface area contributed by atoms with Crippen LogP contribution < -0.4 is 5.32 Å². The summed E-state index contributed by atoms with van der Waals surface area (Å²) in [6.07, 6.45) is 0. The van der Waals surface area contributed by atoms with Crippen LogP contribution in [0, 0.1) is 5.82 Å². The van der Waals surface area contributed by atoms with Crippen LogP contribution in [0.5, 0.6) is 0 Å². The van der Waals surface area contributed by atoms with Crippen LogP contribution in [0.3, 0.4) is 0 Å². The van der Waals surface area contributed by atoms with Crippen molar-refractivity contribution in [3.05, 3.63) is 62.3 Å². The van der Waals surface area contributed by atoms with Gasteiger partial charge in [-0.2, -0.15) is 0 Å². The average molecular weight is 363 g/mol. The predicted octanol–water partition coefficient (Wildman–Crippen LogP) is 5.15. The summed E-state index contributed by atoms with van der Waals surface area (Å²) in [6, 6.07) is 8.67. The summed E-state index contributed by atoms with van der Waals surface area (Å²) in [7, 11) is 0. The second kappa shape index (κ2) is 5.90. The number of benzene rings is 2. The van der Waals surface area contributed by atoms with Crippen molar-refractivity contribution in [1.82, 2.24) is 0 Å². The molecular formula is C13H7BrCl2FNO. The zero-order chi connectivity index (χ0) is 14.0. The summed E-state index contributed by atoms with van der Waals surface area (Å²) in [5, 5.41) is 3.40. The fourth-order valence-electron chi connectivity index (χ4n) is 1.45. The second-order valence-electron chi connectivity index (χ2n) is 3.70.